The molecule has 1 aliphatic rings. The summed E-state index contributed by atoms with van der Waals surface area (Å²) in [5.74, 6) is 0.936. The molecule has 0 saturated carbocycles. The number of ether oxygens (including phenoxy) is 2. The van der Waals surface area contributed by atoms with E-state index in [1.165, 1.54) is 30.7 Å². The van der Waals surface area contributed by atoms with Crippen molar-refractivity contribution in [2.45, 2.75) is 25.2 Å². The highest BCUT2D eigenvalue weighted by molar-refractivity contribution is 7.93. The molecule has 29 heavy (non-hydrogen) atoms. The van der Waals surface area contributed by atoms with Crippen molar-refractivity contribution in [1.82, 2.24) is 0 Å². The molecule has 1 saturated heterocycles. The van der Waals surface area contributed by atoms with Gasteiger partial charge < -0.3 is 9.47 Å². The van der Waals surface area contributed by atoms with Crippen molar-refractivity contribution < 1.29 is 26.3 Å². The van der Waals surface area contributed by atoms with Crippen molar-refractivity contribution in [2.24, 2.45) is 0 Å². The molecular formula is C19H24N2O6S2. The summed E-state index contributed by atoms with van der Waals surface area (Å²) in [6.45, 7) is 3.85. The first-order chi connectivity index (χ1) is 13.6. The number of anilines is 2. The van der Waals surface area contributed by atoms with Crippen LogP contribution < -0.4 is 18.5 Å². The maximum Gasteiger partial charge on any atom is 0.262 e. The molecule has 10 heteroatoms. The molecule has 0 aromatic heterocycles. The summed E-state index contributed by atoms with van der Waals surface area (Å²) in [5, 5.41) is 0. The molecule has 3 rings (SSSR count). The Balaban J connectivity index is 1.96. The van der Waals surface area contributed by atoms with Crippen LogP contribution in [0.15, 0.2) is 35.2 Å². The fourth-order valence-corrected chi connectivity index (χ4v) is 6.26. The van der Waals surface area contributed by atoms with Gasteiger partial charge in [0.1, 0.15) is 11.5 Å². The summed E-state index contributed by atoms with van der Waals surface area (Å²) >= 11 is 0. The average Bonchev–Trinajstić information content (AvgIpc) is 3.02. The van der Waals surface area contributed by atoms with Gasteiger partial charge in [0.25, 0.3) is 10.0 Å². The number of benzene rings is 2. The van der Waals surface area contributed by atoms with Crippen LogP contribution in [-0.2, 0) is 20.0 Å². The second-order valence-corrected chi connectivity index (χ2v) is 10.5. The van der Waals surface area contributed by atoms with E-state index in [1.807, 2.05) is 0 Å². The van der Waals surface area contributed by atoms with Gasteiger partial charge in [0.05, 0.1) is 36.2 Å². The zero-order valence-corrected chi connectivity index (χ0v) is 18.4. The Bertz CT molecular complexity index is 1140. The lowest BCUT2D eigenvalue weighted by Crippen LogP contribution is -2.25. The van der Waals surface area contributed by atoms with Gasteiger partial charge in [0, 0.05) is 12.6 Å². The molecule has 0 bridgehead atoms. The van der Waals surface area contributed by atoms with Gasteiger partial charge in [-0.15, -0.1) is 0 Å². The number of nitrogens with zero attached hydrogens (tertiary/aromatic N) is 1. The van der Waals surface area contributed by atoms with E-state index in [0.717, 1.165) is 0 Å². The minimum absolute atomic E-state index is 0.0970. The fourth-order valence-electron chi connectivity index (χ4n) is 3.32. The lowest BCUT2D eigenvalue weighted by atomic mass is 10.1. The summed E-state index contributed by atoms with van der Waals surface area (Å²) < 4.78 is 64.6. The predicted octanol–water partition coefficient (Wildman–Crippen LogP) is 2.66. The summed E-state index contributed by atoms with van der Waals surface area (Å²) in [6.07, 6.45) is 0.551. The predicted molar refractivity (Wildman–Crippen MR) is 112 cm³/mol. The second-order valence-electron chi connectivity index (χ2n) is 6.82. The molecule has 1 heterocycles. The Kier molecular flexibility index (Phi) is 5.68. The Hall–Kier alpha value is -2.46. The number of aryl methyl sites for hydroxylation is 2. The second kappa shape index (κ2) is 7.75. The van der Waals surface area contributed by atoms with Gasteiger partial charge in [-0.25, -0.2) is 16.8 Å². The number of rotatable bonds is 6. The molecule has 2 aromatic rings. The minimum atomic E-state index is -3.90. The van der Waals surface area contributed by atoms with E-state index in [-0.39, 0.29) is 22.1 Å². The Morgan fingerprint density at radius 1 is 1.00 bits per heavy atom. The standard InChI is InChI=1S/C19H24N2O6S2/c1-13-11-19(14(2)10-17(13)26-3)29(24,25)20-16-7-6-15(12-18(16)27-4)21-8-5-9-28(21,22)23/h6-7,10-12,20H,5,8-9H2,1-4H3. The Morgan fingerprint density at radius 2 is 1.69 bits per heavy atom. The number of methoxy groups -OCH3 is 2. The third-order valence-corrected chi connectivity index (χ3v) is 8.18. The average molecular weight is 441 g/mol. The van der Waals surface area contributed by atoms with Gasteiger partial charge >= 0.3 is 0 Å². The van der Waals surface area contributed by atoms with Crippen LogP contribution >= 0.6 is 0 Å². The van der Waals surface area contributed by atoms with Crippen LogP contribution in [0.2, 0.25) is 0 Å². The zero-order valence-electron chi connectivity index (χ0n) is 16.7. The molecule has 0 spiro atoms. The lowest BCUT2D eigenvalue weighted by molar-refractivity contribution is 0.411. The Morgan fingerprint density at radius 3 is 2.28 bits per heavy atom. The summed E-state index contributed by atoms with van der Waals surface area (Å²) in [6, 6.07) is 7.81. The summed E-state index contributed by atoms with van der Waals surface area (Å²) in [4.78, 5) is 0.129. The van der Waals surface area contributed by atoms with Gasteiger partial charge in [-0.1, -0.05) is 0 Å². The van der Waals surface area contributed by atoms with E-state index in [2.05, 4.69) is 4.72 Å². The number of hydrogen-bond acceptors (Lipinski definition) is 6. The molecule has 1 N–H and O–H groups in total. The number of sulfonamides is 2. The third kappa shape index (κ3) is 4.13. The molecule has 2 aromatic carbocycles. The maximum absolute atomic E-state index is 13.0. The molecule has 0 radical (unpaired) electrons. The normalized spacial score (nSPS) is 15.9. The number of hydrogen-bond donors (Lipinski definition) is 1. The van der Waals surface area contributed by atoms with E-state index in [0.29, 0.717) is 35.5 Å². The summed E-state index contributed by atoms with van der Waals surface area (Å²) in [7, 11) is -4.31. The van der Waals surface area contributed by atoms with E-state index in [9.17, 15) is 16.8 Å². The topological polar surface area (TPSA) is 102 Å². The van der Waals surface area contributed by atoms with Crippen molar-refractivity contribution in [1.29, 1.82) is 0 Å². The van der Waals surface area contributed by atoms with Crippen molar-refractivity contribution in [3.05, 3.63) is 41.5 Å². The molecule has 1 fully saturated rings. The quantitative estimate of drug-likeness (QED) is 0.741. The van der Waals surface area contributed by atoms with Gasteiger partial charge in [-0.05, 0) is 55.7 Å². The highest BCUT2D eigenvalue weighted by atomic mass is 32.2. The van der Waals surface area contributed by atoms with Crippen molar-refractivity contribution in [3.8, 4) is 11.5 Å². The van der Waals surface area contributed by atoms with Crippen LogP contribution in [-0.4, -0.2) is 43.4 Å². The van der Waals surface area contributed by atoms with E-state index in [4.69, 9.17) is 9.47 Å². The Labute approximate surface area is 171 Å². The summed E-state index contributed by atoms with van der Waals surface area (Å²) in [5.41, 5.74) is 1.90. The van der Waals surface area contributed by atoms with Crippen LogP contribution in [0, 0.1) is 13.8 Å². The highest BCUT2D eigenvalue weighted by Crippen LogP contribution is 2.35. The van der Waals surface area contributed by atoms with Crippen LogP contribution in [0.3, 0.4) is 0 Å². The van der Waals surface area contributed by atoms with Crippen LogP contribution in [0.1, 0.15) is 17.5 Å². The van der Waals surface area contributed by atoms with Gasteiger partial charge in [0.15, 0.2) is 0 Å². The zero-order chi connectivity index (χ0) is 21.4. The minimum Gasteiger partial charge on any atom is -0.496 e. The van der Waals surface area contributed by atoms with Crippen molar-refractivity contribution in [2.75, 3.05) is 35.5 Å². The first-order valence-corrected chi connectivity index (χ1v) is 12.0. The first-order valence-electron chi connectivity index (χ1n) is 8.95. The van der Waals surface area contributed by atoms with Crippen molar-refractivity contribution >= 4 is 31.4 Å². The monoisotopic (exact) mass is 440 g/mol. The highest BCUT2D eigenvalue weighted by Gasteiger charge is 2.29. The van der Waals surface area contributed by atoms with Crippen LogP contribution in [0.25, 0.3) is 0 Å². The molecule has 0 amide bonds. The first kappa shape index (κ1) is 21.3. The SMILES string of the molecule is COc1cc(C)c(S(=O)(=O)Nc2ccc(N3CCCS3(=O)=O)cc2OC)cc1C. The fraction of sp³-hybridized carbons (Fsp3) is 0.368. The largest absolute Gasteiger partial charge is 0.496 e. The maximum atomic E-state index is 13.0. The molecule has 1 aliphatic heterocycles. The van der Waals surface area contributed by atoms with Crippen molar-refractivity contribution in [3.63, 3.8) is 0 Å². The smallest absolute Gasteiger partial charge is 0.262 e. The molecule has 0 unspecified atom stereocenters. The van der Waals surface area contributed by atoms with Crippen LogP contribution in [0.5, 0.6) is 11.5 Å². The van der Waals surface area contributed by atoms with Gasteiger partial charge in [-0.2, -0.15) is 0 Å². The van der Waals surface area contributed by atoms with Gasteiger partial charge in [-0.3, -0.25) is 9.03 Å². The molecule has 158 valence electrons. The molecule has 0 aliphatic carbocycles. The van der Waals surface area contributed by atoms with E-state index in [1.54, 1.807) is 32.0 Å². The molecule has 0 atom stereocenters. The number of nitrogens with one attached hydrogen (secondary N) is 1. The third-order valence-electron chi connectivity index (χ3n) is 4.80. The van der Waals surface area contributed by atoms with Gasteiger partial charge in [0.2, 0.25) is 10.0 Å². The van der Waals surface area contributed by atoms with E-state index < -0.39 is 20.0 Å². The lowest BCUT2D eigenvalue weighted by Gasteiger charge is -2.20. The van der Waals surface area contributed by atoms with Crippen LogP contribution in [0.4, 0.5) is 11.4 Å². The molecular weight excluding hydrogens is 416 g/mol. The molecule has 8 nitrogen and oxygen atoms in total. The van der Waals surface area contributed by atoms with E-state index >= 15 is 0 Å².